The zero-order valence-corrected chi connectivity index (χ0v) is 36.4. The first-order valence-electron chi connectivity index (χ1n) is 4.71. The molecule has 0 saturated heterocycles. The minimum absolute atomic E-state index is 0.441. The number of hydrogen-bond donors (Lipinski definition) is 0. The van der Waals surface area contributed by atoms with Crippen LogP contribution < -0.4 is 0 Å². The monoisotopic (exact) mass is 1340 g/mol. The first-order chi connectivity index (χ1) is 8.09. The van der Waals surface area contributed by atoms with E-state index in [9.17, 15) is 0 Å². The third kappa shape index (κ3) is 57.1. The maximum atomic E-state index is 2.55. The Kier molecular flexibility index (Phi) is 38.0. The molecule has 0 nitrogen and oxygen atoms in total. The maximum absolute atomic E-state index is 2.55. The van der Waals surface area contributed by atoms with E-state index in [4.69, 9.17) is 0 Å². The van der Waals surface area contributed by atoms with Crippen LogP contribution in [0.25, 0.3) is 0 Å². The molecule has 0 aliphatic carbocycles. The zero-order valence-electron chi connectivity index (χ0n) is 10.8. The van der Waals surface area contributed by atoms with Crippen molar-refractivity contribution in [2.24, 2.45) is 0 Å². The van der Waals surface area contributed by atoms with Crippen molar-refractivity contribution < 1.29 is 20.1 Å². The molecule has 18 heavy (non-hydrogen) atoms. The molecule has 106 valence electrons. The minimum atomic E-state index is -0.877. The molecule has 0 aromatic rings. The SMILES string of the molecule is C[S+](C)/C=C/C=C/[S+](C)C.[I][Hg-]([I])[I].[I][Hg-]([I])[I]. The van der Waals surface area contributed by atoms with Crippen molar-refractivity contribution in [1.82, 2.24) is 0 Å². The van der Waals surface area contributed by atoms with Crippen LogP contribution in [0.4, 0.5) is 0 Å². The van der Waals surface area contributed by atoms with E-state index < -0.39 is 20.1 Å². The van der Waals surface area contributed by atoms with Crippen LogP contribution in [0.1, 0.15) is 0 Å². The van der Waals surface area contributed by atoms with Gasteiger partial charge in [-0.15, -0.1) is 0 Å². The predicted octanol–water partition coefficient (Wildman–Crippen LogP) is 7.08. The van der Waals surface area contributed by atoms with Gasteiger partial charge in [0.1, 0.15) is 35.8 Å². The molecule has 0 atom stereocenters. The molecule has 0 aromatic heterocycles. The molecule has 0 radical (unpaired) electrons. The van der Waals surface area contributed by atoms with Gasteiger partial charge in [-0.3, -0.25) is 0 Å². The molecule has 0 spiro atoms. The van der Waals surface area contributed by atoms with Gasteiger partial charge in [-0.2, -0.15) is 0 Å². The van der Waals surface area contributed by atoms with Crippen LogP contribution >= 0.6 is 106 Å². The summed E-state index contributed by atoms with van der Waals surface area (Å²) in [6.07, 6.45) is 13.1. The Balaban J connectivity index is -0.000000233. The molecule has 0 aliphatic heterocycles. The summed E-state index contributed by atoms with van der Waals surface area (Å²) in [6.45, 7) is 0. The standard InChI is InChI=1S/C8H16S2.2Hg.6HI/c1-9(2)7-5-6-8-10(3)4;;;;;;;;/h5-8H,1-4H3;;;6*1H/q3*+2;;;;;;/p-6/b7-5+,8-6+;;;;;;;;. The summed E-state index contributed by atoms with van der Waals surface area (Å²) in [5, 5.41) is 4.45. The van der Waals surface area contributed by atoms with Crippen molar-refractivity contribution in [3.05, 3.63) is 23.0 Å². The fraction of sp³-hybridized carbons (Fsp3) is 0.500. The Morgan fingerprint density at radius 1 is 0.611 bits per heavy atom. The Labute approximate surface area is 189 Å². The summed E-state index contributed by atoms with van der Waals surface area (Å²) in [4.78, 5) is 0. The van der Waals surface area contributed by atoms with Gasteiger partial charge in [-0.05, 0) is 12.2 Å². The summed E-state index contributed by atoms with van der Waals surface area (Å²) in [7, 11) is -0.872. The second kappa shape index (κ2) is 23.4. The average Bonchev–Trinajstić information content (AvgIpc) is 2.09. The molecule has 0 unspecified atom stereocenters. The van der Waals surface area contributed by atoms with Crippen LogP contribution in [0.15, 0.2) is 23.0 Å². The van der Waals surface area contributed by atoms with E-state index in [1.807, 2.05) is 0 Å². The van der Waals surface area contributed by atoms with Gasteiger partial charge in [-0.25, -0.2) is 0 Å². The average molecular weight is 1340 g/mol. The number of halogens is 6. The van der Waals surface area contributed by atoms with Gasteiger partial charge in [0, 0.05) is 21.8 Å². The Bertz CT molecular complexity index is 184. The van der Waals surface area contributed by atoms with Gasteiger partial charge in [0.05, 0.1) is 0 Å². The summed E-state index contributed by atoms with van der Waals surface area (Å²) in [5.41, 5.74) is 0. The van der Waals surface area contributed by atoms with E-state index >= 15 is 0 Å². The Hall–Kier alpha value is 6.43. The quantitative estimate of drug-likeness (QED) is 0.123. The van der Waals surface area contributed by atoms with Gasteiger partial charge < -0.3 is 0 Å². The topological polar surface area (TPSA) is 0 Å². The Morgan fingerprint density at radius 3 is 0.889 bits per heavy atom. The van der Waals surface area contributed by atoms with Crippen molar-refractivity contribution in [3.8, 4) is 0 Å². The van der Waals surface area contributed by atoms with Crippen molar-refractivity contribution in [1.29, 1.82) is 0 Å². The van der Waals surface area contributed by atoms with Crippen molar-refractivity contribution in [2.75, 3.05) is 25.0 Å². The molecule has 0 aliphatic rings. The van der Waals surface area contributed by atoms with Gasteiger partial charge in [0.15, 0.2) is 0 Å². The summed E-state index contributed by atoms with van der Waals surface area (Å²) in [5.74, 6) is 0. The summed E-state index contributed by atoms with van der Waals surface area (Å²) in [6, 6.07) is 0. The van der Waals surface area contributed by atoms with E-state index in [0.717, 1.165) is 0 Å². The third-order valence-electron chi connectivity index (χ3n) is 0.813. The molecule has 0 aromatic carbocycles. The summed E-state index contributed by atoms with van der Waals surface area (Å²) >= 11 is 15.3. The molecule has 0 amide bonds. The first kappa shape index (κ1) is 29.2. The Morgan fingerprint density at radius 2 is 0.778 bits per heavy atom. The third-order valence-corrected chi connectivity index (χ3v) is 2.22. The van der Waals surface area contributed by atoms with E-state index in [2.05, 4.69) is 154 Å². The van der Waals surface area contributed by atoms with Crippen LogP contribution in [0.5, 0.6) is 0 Å². The van der Waals surface area contributed by atoms with Crippen molar-refractivity contribution >= 4 is 128 Å². The molecule has 0 N–H and O–H groups in total. The zero-order chi connectivity index (χ0) is 15.1. The van der Waals surface area contributed by atoms with Crippen LogP contribution in [0.3, 0.4) is 0 Å². The van der Waals surface area contributed by atoms with Crippen LogP contribution in [-0.4, -0.2) is 25.0 Å². The molecule has 10 heteroatoms. The normalized spacial score (nSPS) is 10.2. The first-order valence-corrected chi connectivity index (χ1v) is 102. The van der Waals surface area contributed by atoms with Crippen molar-refractivity contribution in [3.63, 3.8) is 0 Å². The van der Waals surface area contributed by atoms with Gasteiger partial charge in [0.2, 0.25) is 0 Å². The number of rotatable bonds is 3. The van der Waals surface area contributed by atoms with Gasteiger partial charge in [0.25, 0.3) is 0 Å². The molecular formula is C8H16Hg2I6S2. The van der Waals surface area contributed by atoms with Crippen molar-refractivity contribution in [2.45, 2.75) is 0 Å². The molecule has 0 fully saturated rings. The van der Waals surface area contributed by atoms with Gasteiger partial charge >= 0.3 is 126 Å². The van der Waals surface area contributed by atoms with Crippen LogP contribution in [-0.2, 0) is 41.9 Å². The summed E-state index contributed by atoms with van der Waals surface area (Å²) < 4.78 is 0. The molecular weight excluding hydrogens is 1320 g/mol. The fourth-order valence-electron chi connectivity index (χ4n) is 0.405. The fourth-order valence-corrected chi connectivity index (χ4v) is 1.21. The van der Waals surface area contributed by atoms with E-state index in [-0.39, 0.29) is 0 Å². The predicted molar refractivity (Wildman–Crippen MR) is 141 cm³/mol. The second-order valence-corrected chi connectivity index (χ2v) is 246. The molecule has 0 bridgehead atoms. The van der Waals surface area contributed by atoms with E-state index in [1.54, 1.807) is 0 Å². The van der Waals surface area contributed by atoms with E-state index in [1.165, 1.54) is 0 Å². The van der Waals surface area contributed by atoms with Crippen LogP contribution in [0.2, 0.25) is 0 Å². The van der Waals surface area contributed by atoms with Crippen LogP contribution in [0, 0.1) is 0 Å². The number of hydrogen-bond acceptors (Lipinski definition) is 0. The molecule has 0 saturated carbocycles. The van der Waals surface area contributed by atoms with Gasteiger partial charge in [-0.1, -0.05) is 0 Å². The molecule has 0 heterocycles. The second-order valence-electron chi connectivity index (χ2n) is 3.02. The number of allylic oxidation sites excluding steroid dienone is 2. The van der Waals surface area contributed by atoms with E-state index in [0.29, 0.717) is 21.8 Å². The molecule has 0 rings (SSSR count).